The van der Waals surface area contributed by atoms with Crippen molar-refractivity contribution in [1.82, 2.24) is 10.6 Å². The second kappa shape index (κ2) is 70.7. The van der Waals surface area contributed by atoms with E-state index < -0.39 is 11.7 Å². The van der Waals surface area contributed by atoms with Crippen molar-refractivity contribution in [2.24, 2.45) is 0 Å². The van der Waals surface area contributed by atoms with Crippen molar-refractivity contribution in [2.75, 3.05) is 13.1 Å². The summed E-state index contributed by atoms with van der Waals surface area (Å²) in [4.78, 5) is 34.3. The Morgan fingerprint density at radius 1 is 0.305 bits per heavy atom. The molecule has 0 aliphatic carbocycles. The van der Waals surface area contributed by atoms with Gasteiger partial charge in [-0.25, -0.2) is 4.79 Å². The lowest BCUT2D eigenvalue weighted by atomic mass is 10.1. The fourth-order valence-corrected chi connectivity index (χ4v) is 5.04. The SMILES string of the molecule is C#CC#CC#CC#CC#CC#CC#CC#CC#CC#CC#CC#CC#CC#CC#CC#CC#CC#CC#CC#CC#CC#CC#CC#CC#CC#CC#CC#CC#CC#CC#CC#CC#CC#CC#CC#CC#CC#CC#C.CC(=O)SCc1ccc(CCC(=O)NCCCNC(=O)OC(C)(C)C)cc1. The molecule has 105 heavy (non-hydrogen) atoms. The Bertz CT molecular complexity index is 6030. The Kier molecular flexibility index (Phi) is 57.8. The highest BCUT2D eigenvalue weighted by atomic mass is 32.2. The maximum atomic E-state index is 11.9. The van der Waals surface area contributed by atoms with E-state index in [9.17, 15) is 14.4 Å². The molecule has 6 nitrogen and oxygen atoms in total. The van der Waals surface area contributed by atoms with Crippen molar-refractivity contribution < 1.29 is 19.1 Å². The van der Waals surface area contributed by atoms with E-state index in [1.165, 1.54) is 11.8 Å². The third-order valence-electron chi connectivity index (χ3n) is 8.16. The maximum Gasteiger partial charge on any atom is 0.407 e. The lowest BCUT2D eigenvalue weighted by Gasteiger charge is -2.19. The van der Waals surface area contributed by atoms with Gasteiger partial charge in [0, 0.05) is 387 Å². The van der Waals surface area contributed by atoms with Crippen molar-refractivity contribution >= 4 is 28.9 Å². The topological polar surface area (TPSA) is 84.5 Å². The van der Waals surface area contributed by atoms with E-state index >= 15 is 0 Å². The lowest BCUT2D eigenvalue weighted by Crippen LogP contribution is -2.34. The van der Waals surface area contributed by atoms with Crippen LogP contribution in [-0.4, -0.2) is 35.8 Å². The number of carbonyl (C=O) groups is 3. The molecule has 0 aliphatic heterocycles. The summed E-state index contributed by atoms with van der Waals surface area (Å²) < 4.78 is 5.13. The van der Waals surface area contributed by atoms with Crippen LogP contribution in [0.2, 0.25) is 0 Å². The van der Waals surface area contributed by atoms with Gasteiger partial charge in [-0.05, 0) is 139 Å². The van der Waals surface area contributed by atoms with E-state index in [0.717, 1.165) is 11.1 Å². The highest BCUT2D eigenvalue weighted by Gasteiger charge is 2.15. The highest BCUT2D eigenvalue weighted by Crippen LogP contribution is 2.14. The van der Waals surface area contributed by atoms with Crippen LogP contribution >= 0.6 is 11.8 Å². The molecule has 0 spiro atoms. The maximum absolute atomic E-state index is 11.9. The number of alkyl carbamates (subject to hydrolysis) is 1. The molecule has 1 aromatic rings. The predicted molar refractivity (Wildman–Crippen MR) is 414 cm³/mol. The fraction of sp³-hybridized carbons (Fsp3) is 0.112. The minimum atomic E-state index is -0.511. The number of benzene rings is 1. The number of ether oxygens (including phenoxy) is 1. The van der Waals surface area contributed by atoms with Gasteiger partial charge in [0.15, 0.2) is 5.12 Å². The molecule has 0 atom stereocenters. The van der Waals surface area contributed by atoms with Crippen LogP contribution in [0.15, 0.2) is 24.3 Å². The first-order valence-corrected chi connectivity index (χ1v) is 29.4. The summed E-state index contributed by atoms with van der Waals surface area (Å²) in [7, 11) is 0. The lowest BCUT2D eigenvalue weighted by molar-refractivity contribution is -0.121. The molecular formula is C98H32N2O4S. The predicted octanol–water partition coefficient (Wildman–Crippen LogP) is 3.81. The molecular weight excluding hydrogens is 1300 g/mol. The third-order valence-corrected chi connectivity index (χ3v) is 9.04. The van der Waals surface area contributed by atoms with Crippen LogP contribution in [-0.2, 0) is 26.5 Å². The van der Waals surface area contributed by atoms with Gasteiger partial charge in [0.2, 0.25) is 5.91 Å². The first-order valence-electron chi connectivity index (χ1n) is 28.4. The van der Waals surface area contributed by atoms with E-state index in [1.54, 1.807) is 6.92 Å². The molecule has 0 aromatic heterocycles. The van der Waals surface area contributed by atoms with Crippen LogP contribution in [0.4, 0.5) is 4.79 Å². The van der Waals surface area contributed by atoms with Gasteiger partial charge in [0.1, 0.15) is 5.60 Å². The van der Waals surface area contributed by atoms with Gasteiger partial charge < -0.3 is 15.4 Å². The smallest absolute Gasteiger partial charge is 0.407 e. The summed E-state index contributed by atoms with van der Waals surface area (Å²) >= 11 is 1.29. The summed E-state index contributed by atoms with van der Waals surface area (Å²) in [6.07, 6.45) is 11.2. The first kappa shape index (κ1) is 85.8. The van der Waals surface area contributed by atoms with Crippen LogP contribution in [0.5, 0.6) is 0 Å². The summed E-state index contributed by atoms with van der Waals surface area (Å²) in [6.45, 7) is 7.96. The zero-order valence-electron chi connectivity index (χ0n) is 55.7. The Labute approximate surface area is 624 Å². The molecule has 0 bridgehead atoms. The average molecular weight is 1330 g/mol. The van der Waals surface area contributed by atoms with E-state index in [2.05, 4.69) is 461 Å². The van der Waals surface area contributed by atoms with Crippen LogP contribution in [0, 0.1) is 463 Å². The fourth-order valence-electron chi connectivity index (χ4n) is 4.48. The summed E-state index contributed by atoms with van der Waals surface area (Å²) in [6, 6.07) is 7.97. The molecule has 0 radical (unpaired) electrons. The van der Waals surface area contributed by atoms with E-state index in [1.807, 2.05) is 45.0 Å². The molecule has 2 N–H and O–H groups in total. The molecule has 0 aliphatic rings. The van der Waals surface area contributed by atoms with Crippen molar-refractivity contribution in [3.63, 3.8) is 0 Å². The van der Waals surface area contributed by atoms with Crippen molar-refractivity contribution in [3.05, 3.63) is 35.4 Å². The zero-order valence-corrected chi connectivity index (χ0v) is 56.6. The van der Waals surface area contributed by atoms with Gasteiger partial charge >= 0.3 is 6.09 Å². The second-order valence-corrected chi connectivity index (χ2v) is 17.9. The van der Waals surface area contributed by atoms with E-state index in [4.69, 9.17) is 17.6 Å². The Morgan fingerprint density at radius 2 is 0.486 bits per heavy atom. The third kappa shape index (κ3) is 73.7. The van der Waals surface area contributed by atoms with Gasteiger partial charge in [-0.15, -0.1) is 12.8 Å². The zero-order chi connectivity index (χ0) is 76.0. The number of amides is 2. The number of nitrogens with one attached hydrogen (secondary N) is 2. The van der Waals surface area contributed by atoms with Gasteiger partial charge in [0.05, 0.1) is 0 Å². The standard InChI is InChI=1S/C78H2.C20H30N2O4S/c1-3-5-7-9-11-13-15-17-19-21-23-25-27-29-31-33-35-37-39-41-43-45-47-49-51-53-55-57-59-61-63-65-67-69-71-73-75-77-78-76-74-72-70-68-66-64-62-60-58-56-54-52-50-48-46-44-42-40-38-36-34-32-30-28-26-24-22-20-18-16-14-12-10-8-6-4-2;1-15(23)27-14-17-8-6-16(7-9-17)10-11-18(24)21-12-5-13-22-19(25)26-20(2,3)4/h1-2H;6-9H,5,10-14H2,1-4H3,(H,21,24)(H,22,25). The molecule has 7 heteroatoms. The monoisotopic (exact) mass is 1330 g/mol. The van der Waals surface area contributed by atoms with Crippen LogP contribution in [0.25, 0.3) is 0 Å². The molecule has 1 aromatic carbocycles. The number of rotatable bonds is 9. The quantitative estimate of drug-likeness (QED) is 0.291. The number of hydrogen-bond donors (Lipinski definition) is 2. The molecule has 0 saturated heterocycles. The molecule has 464 valence electrons. The number of carbonyl (C=O) groups excluding carboxylic acids is 3. The van der Waals surface area contributed by atoms with Gasteiger partial charge in [0.25, 0.3) is 0 Å². The first-order chi connectivity index (χ1) is 51.6. The summed E-state index contributed by atoms with van der Waals surface area (Å²) in [5.41, 5.74) is 1.68. The molecule has 1 rings (SSSR count). The van der Waals surface area contributed by atoms with E-state index in [0.29, 0.717) is 38.1 Å². The van der Waals surface area contributed by atoms with Crippen LogP contribution < -0.4 is 10.6 Å². The Hall–Kier alpha value is -19.2. The summed E-state index contributed by atoms with van der Waals surface area (Å²) in [5.74, 6) is 189. The normalized spacial score (nSPS) is 5.73. The van der Waals surface area contributed by atoms with Crippen molar-refractivity contribution in [2.45, 2.75) is 58.3 Å². The average Bonchev–Trinajstić information content (AvgIpc) is 0.947. The molecule has 0 heterocycles. The number of aryl methyl sites for hydroxylation is 1. The van der Waals surface area contributed by atoms with Gasteiger partial charge in [-0.2, -0.15) is 0 Å². The highest BCUT2D eigenvalue weighted by molar-refractivity contribution is 8.12. The largest absolute Gasteiger partial charge is 0.444 e. The summed E-state index contributed by atoms with van der Waals surface area (Å²) in [5, 5.41) is 5.61. The van der Waals surface area contributed by atoms with Gasteiger partial charge in [-0.1, -0.05) is 36.0 Å². The van der Waals surface area contributed by atoms with Crippen LogP contribution in [0.3, 0.4) is 0 Å². The Morgan fingerprint density at radius 3 is 0.667 bits per heavy atom. The number of hydrogen-bond acceptors (Lipinski definition) is 5. The molecule has 0 saturated carbocycles. The van der Waals surface area contributed by atoms with E-state index in [-0.39, 0.29) is 11.0 Å². The molecule has 2 amide bonds. The Balaban J connectivity index is 0.00000333. The van der Waals surface area contributed by atoms with Crippen molar-refractivity contribution in [3.8, 4) is 463 Å². The molecule has 0 unspecified atom stereocenters. The second-order valence-electron chi connectivity index (χ2n) is 16.8. The molecule has 0 fully saturated rings. The van der Waals surface area contributed by atoms with Gasteiger partial charge in [-0.3, -0.25) is 9.59 Å². The minimum Gasteiger partial charge on any atom is -0.444 e. The number of terminal acetylenes is 2. The van der Waals surface area contributed by atoms with Crippen LogP contribution in [0.1, 0.15) is 51.7 Å². The van der Waals surface area contributed by atoms with Crippen molar-refractivity contribution in [1.29, 1.82) is 0 Å². The minimum absolute atomic E-state index is 0.0107. The number of thioether (sulfide) groups is 1.